The Morgan fingerprint density at radius 2 is 1.90 bits per heavy atom. The van der Waals surface area contributed by atoms with Crippen LogP contribution in [0.25, 0.3) is 22.8 Å². The van der Waals surface area contributed by atoms with Gasteiger partial charge in [-0.1, -0.05) is 46.7 Å². The minimum atomic E-state index is -0.322. The molecule has 0 spiro atoms. The number of piperidine rings is 1. The summed E-state index contributed by atoms with van der Waals surface area (Å²) >= 11 is 0. The molecular weight excluding hydrogens is 397 g/mol. The van der Waals surface area contributed by atoms with E-state index in [1.807, 2.05) is 31.2 Å². The van der Waals surface area contributed by atoms with Crippen molar-refractivity contribution in [1.29, 1.82) is 0 Å². The second kappa shape index (κ2) is 8.39. The van der Waals surface area contributed by atoms with E-state index in [1.165, 1.54) is 12.1 Å². The molecule has 1 saturated heterocycles. The predicted octanol–water partition coefficient (Wildman–Crippen LogP) is 4.61. The molecular formula is C23H22FN5O2. The Morgan fingerprint density at radius 1 is 1.03 bits per heavy atom. The first-order valence-electron chi connectivity index (χ1n) is 10.4. The number of aryl methyl sites for hydroxylation is 1. The summed E-state index contributed by atoms with van der Waals surface area (Å²) in [6, 6.07) is 14.2. The van der Waals surface area contributed by atoms with Gasteiger partial charge in [-0.2, -0.15) is 9.97 Å². The van der Waals surface area contributed by atoms with Crippen molar-refractivity contribution in [1.82, 2.24) is 25.2 Å². The van der Waals surface area contributed by atoms with Crippen LogP contribution in [0.1, 0.15) is 36.1 Å². The Hall–Kier alpha value is -3.39. The van der Waals surface area contributed by atoms with Crippen LogP contribution >= 0.6 is 0 Å². The summed E-state index contributed by atoms with van der Waals surface area (Å²) in [4.78, 5) is 11.4. The van der Waals surface area contributed by atoms with Gasteiger partial charge in [-0.15, -0.1) is 0 Å². The number of rotatable bonds is 5. The van der Waals surface area contributed by atoms with Gasteiger partial charge in [-0.3, -0.25) is 4.90 Å². The minimum Gasteiger partial charge on any atom is -0.339 e. The number of nitrogens with zero attached hydrogens (tertiary/aromatic N) is 5. The maximum Gasteiger partial charge on any atom is 0.241 e. The molecule has 2 aromatic carbocycles. The molecule has 7 nitrogen and oxygen atoms in total. The zero-order valence-corrected chi connectivity index (χ0v) is 17.2. The van der Waals surface area contributed by atoms with E-state index >= 15 is 0 Å². The minimum absolute atomic E-state index is 0.113. The number of aromatic nitrogens is 4. The zero-order valence-electron chi connectivity index (χ0n) is 17.2. The third-order valence-corrected chi connectivity index (χ3v) is 5.59. The van der Waals surface area contributed by atoms with Crippen LogP contribution in [0.4, 0.5) is 4.39 Å². The van der Waals surface area contributed by atoms with Crippen molar-refractivity contribution in [2.75, 3.05) is 13.1 Å². The number of likely N-dealkylation sites (tertiary alicyclic amines) is 1. The summed E-state index contributed by atoms with van der Waals surface area (Å²) in [5.74, 6) is 1.98. The molecule has 1 aliphatic heterocycles. The molecule has 3 heterocycles. The van der Waals surface area contributed by atoms with Gasteiger partial charge in [0.25, 0.3) is 0 Å². The van der Waals surface area contributed by atoms with Crippen molar-refractivity contribution in [3.05, 3.63) is 71.7 Å². The van der Waals surface area contributed by atoms with E-state index < -0.39 is 0 Å². The van der Waals surface area contributed by atoms with Gasteiger partial charge in [0.2, 0.25) is 23.4 Å². The third kappa shape index (κ3) is 4.25. The van der Waals surface area contributed by atoms with Crippen LogP contribution in [0.15, 0.2) is 57.6 Å². The van der Waals surface area contributed by atoms with Crippen LogP contribution in [-0.4, -0.2) is 38.3 Å². The van der Waals surface area contributed by atoms with Crippen molar-refractivity contribution < 1.29 is 13.4 Å². The summed E-state index contributed by atoms with van der Waals surface area (Å²) in [6.07, 6.45) is 1.96. The Labute approximate surface area is 178 Å². The lowest BCUT2D eigenvalue weighted by atomic mass is 9.98. The van der Waals surface area contributed by atoms with Crippen molar-refractivity contribution >= 4 is 0 Å². The lowest BCUT2D eigenvalue weighted by Crippen LogP contribution is -2.34. The van der Waals surface area contributed by atoms with Crippen LogP contribution in [0.2, 0.25) is 0 Å². The van der Waals surface area contributed by atoms with Gasteiger partial charge in [0.1, 0.15) is 5.82 Å². The predicted molar refractivity (Wildman–Crippen MR) is 111 cm³/mol. The summed E-state index contributed by atoms with van der Waals surface area (Å²) < 4.78 is 24.5. The molecule has 1 fully saturated rings. The van der Waals surface area contributed by atoms with Gasteiger partial charge in [-0.05, 0) is 44.0 Å². The molecule has 158 valence electrons. The molecule has 31 heavy (non-hydrogen) atoms. The zero-order chi connectivity index (χ0) is 21.2. The second-order valence-corrected chi connectivity index (χ2v) is 7.87. The summed E-state index contributed by atoms with van der Waals surface area (Å²) in [5, 5.41) is 8.19. The van der Waals surface area contributed by atoms with E-state index in [0.29, 0.717) is 35.5 Å². The largest absolute Gasteiger partial charge is 0.339 e. The fourth-order valence-corrected chi connectivity index (χ4v) is 3.99. The highest BCUT2D eigenvalue weighted by molar-refractivity contribution is 5.59. The van der Waals surface area contributed by atoms with E-state index in [-0.39, 0.29) is 11.7 Å². The molecule has 0 amide bonds. The Balaban J connectivity index is 1.27. The first kappa shape index (κ1) is 19.6. The monoisotopic (exact) mass is 419 g/mol. The van der Waals surface area contributed by atoms with Gasteiger partial charge in [-0.25, -0.2) is 4.39 Å². The maximum absolute atomic E-state index is 13.5. The molecule has 1 unspecified atom stereocenters. The molecule has 8 heteroatoms. The Kier molecular flexibility index (Phi) is 5.30. The van der Waals surface area contributed by atoms with Gasteiger partial charge < -0.3 is 9.05 Å². The lowest BCUT2D eigenvalue weighted by Gasteiger charge is -2.29. The van der Waals surface area contributed by atoms with E-state index in [9.17, 15) is 4.39 Å². The van der Waals surface area contributed by atoms with Crippen LogP contribution in [0.5, 0.6) is 0 Å². The van der Waals surface area contributed by atoms with Crippen molar-refractivity contribution in [2.45, 2.75) is 32.2 Å². The normalized spacial score (nSPS) is 17.2. The van der Waals surface area contributed by atoms with Gasteiger partial charge in [0, 0.05) is 17.7 Å². The molecule has 5 rings (SSSR count). The Morgan fingerprint density at radius 3 is 2.77 bits per heavy atom. The molecule has 0 bridgehead atoms. The standard InChI is InChI=1S/C23H22FN5O2/c1-15-6-2-3-10-19(15)22-25-20(30-28-22)14-29-11-5-8-17(13-29)23-26-21(27-31-23)16-7-4-9-18(24)12-16/h2-4,6-7,9-10,12,17H,5,8,11,13-14H2,1H3. The summed E-state index contributed by atoms with van der Waals surface area (Å²) in [7, 11) is 0. The van der Waals surface area contributed by atoms with E-state index in [4.69, 9.17) is 9.05 Å². The molecule has 2 aromatic heterocycles. The molecule has 1 atom stereocenters. The molecule has 4 aromatic rings. The van der Waals surface area contributed by atoms with Gasteiger partial charge >= 0.3 is 0 Å². The van der Waals surface area contributed by atoms with Crippen LogP contribution < -0.4 is 0 Å². The van der Waals surface area contributed by atoms with E-state index in [2.05, 4.69) is 25.2 Å². The Bertz CT molecular complexity index is 1190. The fraction of sp³-hybridized carbons (Fsp3) is 0.304. The molecule has 0 radical (unpaired) electrons. The highest BCUT2D eigenvalue weighted by atomic mass is 19.1. The average Bonchev–Trinajstić information content (AvgIpc) is 3.45. The summed E-state index contributed by atoms with van der Waals surface area (Å²) in [6.45, 7) is 4.29. The van der Waals surface area contributed by atoms with Crippen LogP contribution in [0.3, 0.4) is 0 Å². The summed E-state index contributed by atoms with van der Waals surface area (Å²) in [5.41, 5.74) is 2.69. The molecule has 0 saturated carbocycles. The number of halogens is 1. The third-order valence-electron chi connectivity index (χ3n) is 5.59. The second-order valence-electron chi connectivity index (χ2n) is 7.87. The van der Waals surface area contributed by atoms with Crippen molar-refractivity contribution in [3.63, 3.8) is 0 Å². The van der Waals surface area contributed by atoms with Gasteiger partial charge in [0.05, 0.1) is 12.5 Å². The lowest BCUT2D eigenvalue weighted by molar-refractivity contribution is 0.162. The van der Waals surface area contributed by atoms with Crippen molar-refractivity contribution in [2.24, 2.45) is 0 Å². The van der Waals surface area contributed by atoms with E-state index in [0.717, 1.165) is 37.1 Å². The van der Waals surface area contributed by atoms with E-state index in [1.54, 1.807) is 12.1 Å². The highest BCUT2D eigenvalue weighted by Crippen LogP contribution is 2.29. The highest BCUT2D eigenvalue weighted by Gasteiger charge is 2.27. The first-order valence-corrected chi connectivity index (χ1v) is 10.4. The number of hydrogen-bond acceptors (Lipinski definition) is 7. The number of hydrogen-bond donors (Lipinski definition) is 0. The van der Waals surface area contributed by atoms with Crippen LogP contribution in [0, 0.1) is 12.7 Å². The SMILES string of the molecule is Cc1ccccc1-c1noc(CN2CCCC(c3nc(-c4cccc(F)c4)no3)C2)n1. The topological polar surface area (TPSA) is 81.1 Å². The smallest absolute Gasteiger partial charge is 0.241 e. The van der Waals surface area contributed by atoms with Crippen LogP contribution in [-0.2, 0) is 6.54 Å². The average molecular weight is 419 g/mol. The number of benzene rings is 2. The molecule has 0 N–H and O–H groups in total. The molecule has 1 aliphatic rings. The molecule has 0 aliphatic carbocycles. The first-order chi connectivity index (χ1) is 15.2. The fourth-order valence-electron chi connectivity index (χ4n) is 3.99. The quantitative estimate of drug-likeness (QED) is 0.467. The van der Waals surface area contributed by atoms with Gasteiger partial charge in [0.15, 0.2) is 0 Å². The maximum atomic E-state index is 13.5. The van der Waals surface area contributed by atoms with Crippen molar-refractivity contribution in [3.8, 4) is 22.8 Å².